The second kappa shape index (κ2) is 6.30. The second-order valence-electron chi connectivity index (χ2n) is 4.32. The van der Waals surface area contributed by atoms with Crippen molar-refractivity contribution in [2.45, 2.75) is 17.1 Å². The molecule has 1 aliphatic heterocycles. The number of rotatable bonds is 3. The van der Waals surface area contributed by atoms with Crippen molar-refractivity contribution in [1.29, 1.82) is 0 Å². The van der Waals surface area contributed by atoms with Crippen molar-refractivity contribution >= 4 is 35.2 Å². The molecule has 4 nitrogen and oxygen atoms in total. The summed E-state index contributed by atoms with van der Waals surface area (Å²) in [5.41, 5.74) is 0. The number of nitrogens with one attached hydrogen (secondary N) is 1. The van der Waals surface area contributed by atoms with Gasteiger partial charge in [-0.15, -0.1) is 11.8 Å². The van der Waals surface area contributed by atoms with Gasteiger partial charge in [-0.2, -0.15) is 0 Å². The van der Waals surface area contributed by atoms with E-state index in [0.717, 1.165) is 4.90 Å². The average molecular weight is 299 g/mol. The molecule has 1 aliphatic rings. The minimum Gasteiger partial charge on any atom is -0.353 e. The van der Waals surface area contributed by atoms with Crippen LogP contribution >= 0.6 is 23.4 Å². The number of piperazine rings is 1. The summed E-state index contributed by atoms with van der Waals surface area (Å²) < 4.78 is 0. The molecule has 19 heavy (non-hydrogen) atoms. The van der Waals surface area contributed by atoms with Crippen molar-refractivity contribution in [3.63, 3.8) is 0 Å². The van der Waals surface area contributed by atoms with Gasteiger partial charge in [0, 0.05) is 23.0 Å². The fraction of sp³-hybridized carbons (Fsp3) is 0.385. The summed E-state index contributed by atoms with van der Waals surface area (Å²) >= 11 is 7.29. The maximum atomic E-state index is 12.2. The Morgan fingerprint density at radius 3 is 2.74 bits per heavy atom. The molecule has 0 bridgehead atoms. The van der Waals surface area contributed by atoms with Gasteiger partial charge in [0.25, 0.3) is 0 Å². The highest BCUT2D eigenvalue weighted by Crippen LogP contribution is 2.25. The zero-order chi connectivity index (χ0) is 13.8. The maximum absolute atomic E-state index is 12.2. The number of carbonyl (C=O) groups excluding carboxylic acids is 2. The fourth-order valence-corrected chi connectivity index (χ4v) is 2.93. The van der Waals surface area contributed by atoms with Gasteiger partial charge in [-0.05, 0) is 31.2 Å². The first-order valence-electron chi connectivity index (χ1n) is 6.04. The predicted molar refractivity (Wildman–Crippen MR) is 76.4 cm³/mol. The lowest BCUT2D eigenvalue weighted by atomic mass is 10.3. The minimum atomic E-state index is -0.216. The van der Waals surface area contributed by atoms with Crippen molar-refractivity contribution in [2.75, 3.05) is 19.6 Å². The van der Waals surface area contributed by atoms with Crippen molar-refractivity contribution in [3.8, 4) is 0 Å². The number of hydrogen-bond acceptors (Lipinski definition) is 3. The number of carbonyl (C=O) groups is 2. The second-order valence-corrected chi connectivity index (χ2v) is 6.17. The lowest BCUT2D eigenvalue weighted by Crippen LogP contribution is -2.51. The van der Waals surface area contributed by atoms with Crippen LogP contribution in [0.15, 0.2) is 29.2 Å². The molecule has 1 atom stereocenters. The van der Waals surface area contributed by atoms with Gasteiger partial charge >= 0.3 is 0 Å². The first-order valence-corrected chi connectivity index (χ1v) is 7.30. The number of halogens is 1. The number of hydrogen-bond donors (Lipinski definition) is 1. The van der Waals surface area contributed by atoms with Gasteiger partial charge in [0.2, 0.25) is 11.8 Å². The zero-order valence-electron chi connectivity index (χ0n) is 10.6. The number of thioether (sulfide) groups is 1. The van der Waals surface area contributed by atoms with Crippen LogP contribution in [0, 0.1) is 0 Å². The van der Waals surface area contributed by atoms with E-state index < -0.39 is 0 Å². The highest BCUT2D eigenvalue weighted by atomic mass is 35.5. The average Bonchev–Trinajstić information content (AvgIpc) is 2.40. The van der Waals surface area contributed by atoms with Gasteiger partial charge in [0.1, 0.15) is 0 Å². The van der Waals surface area contributed by atoms with Gasteiger partial charge < -0.3 is 10.2 Å². The summed E-state index contributed by atoms with van der Waals surface area (Å²) in [6.07, 6.45) is 0. The predicted octanol–water partition coefficient (Wildman–Crippen LogP) is 1.78. The Morgan fingerprint density at radius 1 is 1.42 bits per heavy atom. The molecule has 1 fully saturated rings. The molecule has 0 aromatic heterocycles. The summed E-state index contributed by atoms with van der Waals surface area (Å²) in [5.74, 6) is -0.0990. The van der Waals surface area contributed by atoms with Gasteiger partial charge in [-0.25, -0.2) is 0 Å². The highest BCUT2D eigenvalue weighted by Gasteiger charge is 2.25. The molecule has 1 unspecified atom stereocenters. The van der Waals surface area contributed by atoms with E-state index in [1.807, 2.05) is 19.1 Å². The zero-order valence-corrected chi connectivity index (χ0v) is 12.1. The van der Waals surface area contributed by atoms with E-state index in [0.29, 0.717) is 18.1 Å². The summed E-state index contributed by atoms with van der Waals surface area (Å²) in [4.78, 5) is 26.1. The van der Waals surface area contributed by atoms with Crippen molar-refractivity contribution in [2.24, 2.45) is 0 Å². The fourth-order valence-electron chi connectivity index (χ4n) is 1.85. The van der Waals surface area contributed by atoms with Gasteiger partial charge in [-0.3, -0.25) is 9.59 Å². The molecule has 1 N–H and O–H groups in total. The Labute approximate surface area is 121 Å². The summed E-state index contributed by atoms with van der Waals surface area (Å²) in [6, 6.07) is 7.38. The Balaban J connectivity index is 1.95. The van der Waals surface area contributed by atoms with Crippen LogP contribution in [0.4, 0.5) is 0 Å². The lowest BCUT2D eigenvalue weighted by molar-refractivity contribution is -0.137. The largest absolute Gasteiger partial charge is 0.353 e. The van der Waals surface area contributed by atoms with Crippen molar-refractivity contribution in [3.05, 3.63) is 29.3 Å². The van der Waals surface area contributed by atoms with Crippen molar-refractivity contribution < 1.29 is 9.59 Å². The first-order chi connectivity index (χ1) is 9.06. The molecule has 2 amide bonds. The monoisotopic (exact) mass is 298 g/mol. The number of benzene rings is 1. The smallest absolute Gasteiger partial charge is 0.239 e. The van der Waals surface area contributed by atoms with E-state index in [-0.39, 0.29) is 23.6 Å². The van der Waals surface area contributed by atoms with Crippen LogP contribution in [0.25, 0.3) is 0 Å². The SMILES string of the molecule is CC(Sc1ccc(Cl)cc1)C(=O)N1CCNC(=O)C1. The Morgan fingerprint density at radius 2 is 2.11 bits per heavy atom. The van der Waals surface area contributed by atoms with E-state index >= 15 is 0 Å². The van der Waals surface area contributed by atoms with E-state index in [1.165, 1.54) is 11.8 Å². The molecule has 1 heterocycles. The molecule has 0 spiro atoms. The van der Waals surface area contributed by atoms with Crippen LogP contribution < -0.4 is 5.32 Å². The number of nitrogens with zero attached hydrogens (tertiary/aromatic N) is 1. The van der Waals surface area contributed by atoms with Gasteiger partial charge in [0.15, 0.2) is 0 Å². The maximum Gasteiger partial charge on any atom is 0.239 e. The molecule has 0 saturated carbocycles. The quantitative estimate of drug-likeness (QED) is 0.866. The van der Waals surface area contributed by atoms with Crippen LogP contribution in [-0.2, 0) is 9.59 Å². The van der Waals surface area contributed by atoms with Crippen LogP contribution in [0.5, 0.6) is 0 Å². The molecule has 1 aromatic carbocycles. The van der Waals surface area contributed by atoms with Crippen LogP contribution in [0.2, 0.25) is 5.02 Å². The topological polar surface area (TPSA) is 49.4 Å². The molecule has 1 saturated heterocycles. The van der Waals surface area contributed by atoms with E-state index in [4.69, 9.17) is 11.6 Å². The third-order valence-corrected chi connectivity index (χ3v) is 4.18. The molecule has 1 aromatic rings. The van der Waals surface area contributed by atoms with E-state index in [9.17, 15) is 9.59 Å². The molecule has 0 radical (unpaired) electrons. The molecule has 6 heteroatoms. The molecule has 0 aliphatic carbocycles. The van der Waals surface area contributed by atoms with E-state index in [1.54, 1.807) is 17.0 Å². The standard InChI is InChI=1S/C13H15ClN2O2S/c1-9(19-11-4-2-10(14)3-5-11)13(18)16-7-6-15-12(17)8-16/h2-5,9H,6-8H2,1H3,(H,15,17). The molecular formula is C13H15ClN2O2S. The van der Waals surface area contributed by atoms with Gasteiger partial charge in [0.05, 0.1) is 11.8 Å². The summed E-state index contributed by atoms with van der Waals surface area (Å²) in [7, 11) is 0. The minimum absolute atomic E-state index is 0.00481. The Hall–Kier alpha value is -1.20. The molecule has 2 rings (SSSR count). The lowest BCUT2D eigenvalue weighted by Gasteiger charge is -2.28. The summed E-state index contributed by atoms with van der Waals surface area (Å²) in [6.45, 7) is 3.12. The Bertz CT molecular complexity index is 478. The van der Waals surface area contributed by atoms with Crippen molar-refractivity contribution in [1.82, 2.24) is 10.2 Å². The third-order valence-electron chi connectivity index (χ3n) is 2.82. The van der Waals surface area contributed by atoms with Gasteiger partial charge in [-0.1, -0.05) is 11.6 Å². The molecular weight excluding hydrogens is 284 g/mol. The summed E-state index contributed by atoms with van der Waals surface area (Å²) in [5, 5.41) is 3.17. The number of amides is 2. The van der Waals surface area contributed by atoms with Crippen LogP contribution in [0.1, 0.15) is 6.92 Å². The van der Waals surface area contributed by atoms with Crippen LogP contribution in [-0.4, -0.2) is 41.6 Å². The highest BCUT2D eigenvalue weighted by molar-refractivity contribution is 8.00. The van der Waals surface area contributed by atoms with E-state index in [2.05, 4.69) is 5.32 Å². The first kappa shape index (κ1) is 14.2. The van der Waals surface area contributed by atoms with Crippen LogP contribution in [0.3, 0.4) is 0 Å². The normalized spacial score (nSPS) is 16.9. The third kappa shape index (κ3) is 3.88. The Kier molecular flexibility index (Phi) is 4.71. The molecule has 102 valence electrons.